The molecule has 0 amide bonds. The van der Waals surface area contributed by atoms with Gasteiger partial charge >= 0.3 is 11.9 Å². The summed E-state index contributed by atoms with van der Waals surface area (Å²) < 4.78 is 22.6. The maximum absolute atomic E-state index is 12.9. The Morgan fingerprint density at radius 1 is 0.370 bits per heavy atom. The predicted molar refractivity (Wildman–Crippen MR) is 342 cm³/mol. The van der Waals surface area contributed by atoms with Gasteiger partial charge in [-0.25, -0.2) is 0 Å². The van der Waals surface area contributed by atoms with Crippen LogP contribution in [0.1, 0.15) is 206 Å². The first-order chi connectivity index (χ1) is 39.6. The average molecular weight is 1120 g/mol. The number of hydrogen-bond donors (Lipinski definition) is 0. The molecule has 0 aliphatic rings. The Kier molecular flexibility index (Phi) is 56.7. The van der Waals surface area contributed by atoms with Crippen molar-refractivity contribution in [1.82, 2.24) is 0 Å². The minimum absolute atomic E-state index is 0.129. The van der Waals surface area contributed by atoms with Crippen molar-refractivity contribution >= 4 is 17.9 Å². The summed E-state index contributed by atoms with van der Waals surface area (Å²) in [7, 11) is 5.89. The molecule has 0 heterocycles. The van der Waals surface area contributed by atoms with Crippen LogP contribution >= 0.6 is 0 Å². The molecule has 81 heavy (non-hydrogen) atoms. The quantitative estimate of drug-likeness (QED) is 0.0195. The molecular weight excluding hydrogens is 1010 g/mol. The number of allylic oxidation sites excluding steroid dienone is 28. The molecule has 0 rings (SSSR count). The first-order valence-corrected chi connectivity index (χ1v) is 31.3. The predicted octanol–water partition coefficient (Wildman–Crippen LogP) is 17.8. The summed E-state index contributed by atoms with van der Waals surface area (Å²) in [5.41, 5.74) is 0. The lowest BCUT2D eigenvalue weighted by Crippen LogP contribution is -2.44. The number of esters is 2. The molecule has 0 saturated carbocycles. The fraction of sp³-hybridized carbons (Fsp3) is 0.569. The third-order valence-electron chi connectivity index (χ3n) is 12.5. The number of ether oxygens (including phenoxy) is 4. The van der Waals surface area contributed by atoms with E-state index in [9.17, 15) is 19.5 Å². The molecule has 0 aromatic carbocycles. The number of unbranched alkanes of at least 4 members (excludes halogenated alkanes) is 12. The van der Waals surface area contributed by atoms with Crippen LogP contribution in [0, 0.1) is 0 Å². The van der Waals surface area contributed by atoms with Crippen molar-refractivity contribution in [2.24, 2.45) is 0 Å². The highest BCUT2D eigenvalue weighted by atomic mass is 16.7. The van der Waals surface area contributed by atoms with E-state index in [-0.39, 0.29) is 32.7 Å². The summed E-state index contributed by atoms with van der Waals surface area (Å²) in [4.78, 5) is 37.3. The van der Waals surface area contributed by atoms with Gasteiger partial charge in [0, 0.05) is 12.8 Å². The average Bonchev–Trinajstić information content (AvgIpc) is 3.44. The molecule has 0 aliphatic heterocycles. The second-order valence-corrected chi connectivity index (χ2v) is 21.2. The lowest BCUT2D eigenvalue weighted by atomic mass is 10.0. The summed E-state index contributed by atoms with van der Waals surface area (Å²) in [5.74, 6) is -2.39. The zero-order chi connectivity index (χ0) is 59.1. The van der Waals surface area contributed by atoms with Crippen LogP contribution in [0.4, 0.5) is 0 Å². The number of carbonyl (C=O) groups is 3. The maximum atomic E-state index is 12.9. The Bertz CT molecular complexity index is 1930. The van der Waals surface area contributed by atoms with Crippen LogP contribution in [-0.4, -0.2) is 82.3 Å². The lowest BCUT2D eigenvalue weighted by molar-refractivity contribution is -0.870. The fourth-order valence-electron chi connectivity index (χ4n) is 7.74. The molecule has 454 valence electrons. The molecule has 2 unspecified atom stereocenters. The summed E-state index contributed by atoms with van der Waals surface area (Å²) in [6.07, 6.45) is 88.6. The van der Waals surface area contributed by atoms with Crippen molar-refractivity contribution < 1.29 is 42.9 Å². The molecule has 0 N–H and O–H groups in total. The molecule has 0 aromatic heterocycles. The Morgan fingerprint density at radius 3 is 1.02 bits per heavy atom. The summed E-state index contributed by atoms with van der Waals surface area (Å²) in [6, 6.07) is 0. The SMILES string of the molecule is CC/C=C\C/C=C\C/C=C\C/C=C\C/C=C\C/C=C\C/C=C\C/C=C\C/C=C\CCCCCCCCCCCCCC(=O)OC(COC(=O)CCC/C=C\C/C=C\C/C=C\C/C=C\C/C=C\CC)COC(OCC[N+](C)(C)C)C(=O)[O-]. The van der Waals surface area contributed by atoms with E-state index in [2.05, 4.69) is 184 Å². The van der Waals surface area contributed by atoms with Gasteiger partial charge in [-0.1, -0.05) is 242 Å². The highest BCUT2D eigenvalue weighted by Gasteiger charge is 2.22. The molecule has 2 atom stereocenters. The molecule has 0 fully saturated rings. The van der Waals surface area contributed by atoms with Crippen LogP contribution in [0.15, 0.2) is 170 Å². The topological polar surface area (TPSA) is 111 Å². The first-order valence-electron chi connectivity index (χ1n) is 31.3. The van der Waals surface area contributed by atoms with E-state index in [1.165, 1.54) is 44.9 Å². The number of quaternary nitrogens is 1. The van der Waals surface area contributed by atoms with Crippen LogP contribution in [-0.2, 0) is 33.3 Å². The van der Waals surface area contributed by atoms with Crippen LogP contribution in [0.2, 0.25) is 0 Å². The molecular formula is C72H113NO8. The van der Waals surface area contributed by atoms with E-state index in [4.69, 9.17) is 18.9 Å². The van der Waals surface area contributed by atoms with Crippen LogP contribution in [0.3, 0.4) is 0 Å². The van der Waals surface area contributed by atoms with E-state index in [1.54, 1.807) is 0 Å². The maximum Gasteiger partial charge on any atom is 0.306 e. The number of aliphatic carboxylic acids is 1. The smallest absolute Gasteiger partial charge is 0.306 e. The summed E-state index contributed by atoms with van der Waals surface area (Å²) in [5, 5.41) is 11.8. The molecule has 0 spiro atoms. The third kappa shape index (κ3) is 62.1. The number of carboxylic acids is 1. The van der Waals surface area contributed by atoms with Crippen molar-refractivity contribution in [3.05, 3.63) is 170 Å². The van der Waals surface area contributed by atoms with Crippen LogP contribution in [0.25, 0.3) is 0 Å². The van der Waals surface area contributed by atoms with E-state index in [0.29, 0.717) is 23.9 Å². The molecule has 0 aromatic rings. The van der Waals surface area contributed by atoms with E-state index in [1.807, 2.05) is 21.1 Å². The molecule has 9 heteroatoms. The summed E-state index contributed by atoms with van der Waals surface area (Å²) >= 11 is 0. The van der Waals surface area contributed by atoms with Gasteiger partial charge in [0.2, 0.25) is 0 Å². The summed E-state index contributed by atoms with van der Waals surface area (Å²) in [6.45, 7) is 4.42. The number of likely N-dealkylation sites (N-methyl/N-ethyl adjacent to an activating group) is 1. The molecule has 0 aliphatic carbocycles. The molecule has 9 nitrogen and oxygen atoms in total. The van der Waals surface area contributed by atoms with Gasteiger partial charge in [0.25, 0.3) is 0 Å². The number of carboxylic acid groups (broad SMARTS) is 1. The van der Waals surface area contributed by atoms with E-state index in [0.717, 1.165) is 122 Å². The zero-order valence-corrected chi connectivity index (χ0v) is 51.6. The second-order valence-electron chi connectivity index (χ2n) is 21.2. The van der Waals surface area contributed by atoms with Gasteiger partial charge in [-0.15, -0.1) is 0 Å². The Labute approximate surface area is 495 Å². The Hall–Kier alpha value is -5.35. The first kappa shape index (κ1) is 75.7. The van der Waals surface area contributed by atoms with E-state index >= 15 is 0 Å². The van der Waals surface area contributed by atoms with Gasteiger partial charge in [0.1, 0.15) is 13.2 Å². The van der Waals surface area contributed by atoms with Gasteiger partial charge in [0.15, 0.2) is 12.4 Å². The third-order valence-corrected chi connectivity index (χ3v) is 12.5. The second kappa shape index (κ2) is 60.7. The zero-order valence-electron chi connectivity index (χ0n) is 51.6. The number of nitrogens with zero attached hydrogens (tertiary/aromatic N) is 1. The highest BCUT2D eigenvalue weighted by molar-refractivity contribution is 5.70. The van der Waals surface area contributed by atoms with Crippen LogP contribution in [0.5, 0.6) is 0 Å². The normalized spacial score (nSPS) is 13.9. The van der Waals surface area contributed by atoms with Gasteiger partial charge < -0.3 is 33.3 Å². The molecule has 0 saturated heterocycles. The Balaban J connectivity index is 4.21. The molecule has 0 radical (unpaired) electrons. The number of carbonyl (C=O) groups excluding carboxylic acids is 3. The minimum Gasteiger partial charge on any atom is -0.545 e. The van der Waals surface area contributed by atoms with Crippen LogP contribution < -0.4 is 5.11 Å². The number of rotatable bonds is 55. The van der Waals surface area contributed by atoms with Crippen molar-refractivity contribution in [2.75, 3.05) is 47.5 Å². The molecule has 0 bridgehead atoms. The minimum atomic E-state index is -1.65. The Morgan fingerprint density at radius 2 is 0.679 bits per heavy atom. The van der Waals surface area contributed by atoms with Crippen molar-refractivity contribution in [1.29, 1.82) is 0 Å². The van der Waals surface area contributed by atoms with Gasteiger partial charge in [-0.05, 0) is 122 Å². The van der Waals surface area contributed by atoms with E-state index < -0.39 is 30.3 Å². The van der Waals surface area contributed by atoms with Crippen molar-refractivity contribution in [3.63, 3.8) is 0 Å². The van der Waals surface area contributed by atoms with Gasteiger partial charge in [-0.3, -0.25) is 9.59 Å². The van der Waals surface area contributed by atoms with Crippen molar-refractivity contribution in [2.45, 2.75) is 219 Å². The van der Waals surface area contributed by atoms with Gasteiger partial charge in [0.05, 0.1) is 40.3 Å². The van der Waals surface area contributed by atoms with Gasteiger partial charge in [-0.2, -0.15) is 0 Å². The largest absolute Gasteiger partial charge is 0.545 e. The lowest BCUT2D eigenvalue weighted by Gasteiger charge is -2.26. The standard InChI is InChI=1S/C72H113NO8/c1-6-8-10-12-14-16-18-20-22-24-25-26-27-28-29-30-31-32-33-34-35-36-37-38-39-40-41-42-43-44-45-47-49-51-53-55-57-59-61-63-70(75)81-68(67-80-72(71(76)77)78-65-64-73(3,4)5)66-79-69(74)62-60-58-56-54-52-50-48-46-23-21-19-17-15-13-11-9-7-2/h8-11,14-17,20-23,25-26,28-29,31-32,34-35,37-38,40-41,48,50,54,56,68,72H,6-7,12-13,18-19,24,27,30,33,36,39,42-47,49,51-53,55,57-67H2,1-5H3/b10-8-,11-9-,16-14-,17-15-,22-20-,23-21-,26-25-,29-28-,32-31-,35-34-,38-37-,41-40-,50-48-,56-54-. The highest BCUT2D eigenvalue weighted by Crippen LogP contribution is 2.14. The number of hydrogen-bond acceptors (Lipinski definition) is 8. The monoisotopic (exact) mass is 1120 g/mol. The fourth-order valence-corrected chi connectivity index (χ4v) is 7.74. The van der Waals surface area contributed by atoms with Crippen molar-refractivity contribution in [3.8, 4) is 0 Å².